The lowest BCUT2D eigenvalue weighted by molar-refractivity contribution is 0.0433. The van der Waals surface area contributed by atoms with E-state index in [1.54, 1.807) is 4.90 Å². The smallest absolute Gasteiger partial charge is 0.409 e. The van der Waals surface area contributed by atoms with Gasteiger partial charge in [0.15, 0.2) is 0 Å². The van der Waals surface area contributed by atoms with Gasteiger partial charge in [-0.1, -0.05) is 20.8 Å². The highest BCUT2D eigenvalue weighted by Gasteiger charge is 2.45. The average molecular weight is 466 g/mol. The Balaban J connectivity index is 1.37. The van der Waals surface area contributed by atoms with Crippen molar-refractivity contribution in [1.82, 2.24) is 9.21 Å². The van der Waals surface area contributed by atoms with Crippen LogP contribution in [0.3, 0.4) is 0 Å². The molecule has 1 aromatic carbocycles. The molecule has 3 heterocycles. The lowest BCUT2D eigenvalue weighted by Gasteiger charge is -2.37. The molecule has 178 valence electrons. The molecule has 8 nitrogen and oxygen atoms in total. The second kappa shape index (κ2) is 8.41. The number of carbonyl (C=O) groups is 1. The molecule has 0 aliphatic carbocycles. The molecule has 0 N–H and O–H groups in total. The molecule has 3 aliphatic rings. The van der Waals surface area contributed by atoms with E-state index >= 15 is 0 Å². The van der Waals surface area contributed by atoms with Gasteiger partial charge in [-0.25, -0.2) is 13.2 Å². The van der Waals surface area contributed by atoms with Gasteiger partial charge in [-0.2, -0.15) is 4.31 Å². The van der Waals surface area contributed by atoms with Crippen LogP contribution in [0, 0.1) is 5.41 Å². The Morgan fingerprint density at radius 2 is 1.84 bits per heavy atom. The number of fused-ring (bicyclic) bond motifs is 1. The van der Waals surface area contributed by atoms with Crippen LogP contribution in [-0.2, 0) is 21.2 Å². The number of benzene rings is 1. The van der Waals surface area contributed by atoms with Crippen molar-refractivity contribution >= 4 is 21.8 Å². The monoisotopic (exact) mass is 465 g/mol. The number of ether oxygens (including phenoxy) is 2. The number of hydrogen-bond acceptors (Lipinski definition) is 6. The van der Waals surface area contributed by atoms with E-state index < -0.39 is 10.0 Å². The van der Waals surface area contributed by atoms with Gasteiger partial charge in [-0.15, -0.1) is 0 Å². The molecule has 2 fully saturated rings. The quantitative estimate of drug-likeness (QED) is 0.683. The number of aryl methyl sites for hydroxylation is 1. The van der Waals surface area contributed by atoms with E-state index in [1.165, 1.54) is 16.1 Å². The summed E-state index contributed by atoms with van der Waals surface area (Å²) in [5.74, 6) is 0.889. The van der Waals surface area contributed by atoms with E-state index in [4.69, 9.17) is 9.47 Å². The molecule has 32 heavy (non-hydrogen) atoms. The van der Waals surface area contributed by atoms with Crippen LogP contribution in [0.5, 0.6) is 5.75 Å². The van der Waals surface area contributed by atoms with Crippen LogP contribution in [0.25, 0.3) is 0 Å². The Morgan fingerprint density at radius 3 is 2.50 bits per heavy atom. The van der Waals surface area contributed by atoms with Crippen molar-refractivity contribution in [2.75, 3.05) is 57.0 Å². The predicted octanol–water partition coefficient (Wildman–Crippen LogP) is 2.72. The maximum Gasteiger partial charge on any atom is 0.409 e. The second-order valence-corrected chi connectivity index (χ2v) is 12.5. The van der Waals surface area contributed by atoms with Gasteiger partial charge in [0.05, 0.1) is 19.4 Å². The van der Waals surface area contributed by atoms with Gasteiger partial charge >= 0.3 is 6.09 Å². The lowest BCUT2D eigenvalue weighted by Crippen LogP contribution is -2.48. The van der Waals surface area contributed by atoms with Gasteiger partial charge in [0, 0.05) is 44.8 Å². The van der Waals surface area contributed by atoms with E-state index in [2.05, 4.69) is 17.0 Å². The van der Waals surface area contributed by atoms with Crippen molar-refractivity contribution in [3.05, 3.63) is 23.8 Å². The first-order chi connectivity index (χ1) is 14.9. The van der Waals surface area contributed by atoms with E-state index in [1.807, 2.05) is 26.8 Å². The summed E-state index contributed by atoms with van der Waals surface area (Å²) in [7, 11) is -3.13. The normalized spacial score (nSPS) is 24.4. The van der Waals surface area contributed by atoms with Crippen LogP contribution in [0.2, 0.25) is 0 Å². The summed E-state index contributed by atoms with van der Waals surface area (Å²) in [6.45, 7) is 10.1. The molecular formula is C23H35N3O5S. The first-order valence-electron chi connectivity index (χ1n) is 11.4. The zero-order valence-corrected chi connectivity index (χ0v) is 20.4. The molecule has 3 aliphatic heterocycles. The molecular weight excluding hydrogens is 430 g/mol. The van der Waals surface area contributed by atoms with Gasteiger partial charge in [-0.05, 0) is 42.0 Å². The minimum atomic E-state index is -3.13. The minimum Gasteiger partial charge on any atom is -0.485 e. The Bertz CT molecular complexity index is 966. The summed E-state index contributed by atoms with van der Waals surface area (Å²) in [5, 5.41) is 0. The lowest BCUT2D eigenvalue weighted by atomic mass is 9.90. The zero-order chi connectivity index (χ0) is 23.1. The average Bonchev–Trinajstić information content (AvgIpc) is 3.14. The number of anilines is 1. The Hall–Kier alpha value is -2.00. The van der Waals surface area contributed by atoms with Gasteiger partial charge in [0.25, 0.3) is 0 Å². The number of sulfonamides is 1. The summed E-state index contributed by atoms with van der Waals surface area (Å²) < 4.78 is 37.0. The SMILES string of the molecule is CC(C)(C)COC(=O)N1CCC2(CCc3cc(N4CCN(S(C)(=O)=O)CC4)ccc3O2)C1. The highest BCUT2D eigenvalue weighted by Crippen LogP contribution is 2.40. The molecule has 0 bridgehead atoms. The molecule has 1 aromatic rings. The number of amides is 1. The van der Waals surface area contributed by atoms with Crippen molar-refractivity contribution in [2.45, 2.75) is 45.6 Å². The molecule has 9 heteroatoms. The second-order valence-electron chi connectivity index (χ2n) is 10.5. The molecule has 0 radical (unpaired) electrons. The largest absolute Gasteiger partial charge is 0.485 e. The molecule has 4 rings (SSSR count). The van der Waals surface area contributed by atoms with Crippen LogP contribution in [0.1, 0.15) is 39.2 Å². The molecule has 0 saturated carbocycles. The third-order valence-electron chi connectivity index (χ3n) is 6.50. The van der Waals surface area contributed by atoms with Crippen molar-refractivity contribution < 1.29 is 22.7 Å². The van der Waals surface area contributed by atoms with E-state index in [0.29, 0.717) is 45.9 Å². The van der Waals surface area contributed by atoms with Crippen molar-refractivity contribution in [2.24, 2.45) is 5.41 Å². The number of rotatable bonds is 3. The first kappa shape index (κ1) is 23.2. The molecule has 1 amide bonds. The molecule has 1 atom stereocenters. The number of piperazine rings is 1. The maximum atomic E-state index is 12.5. The van der Waals surface area contributed by atoms with E-state index in [-0.39, 0.29) is 17.1 Å². The van der Waals surface area contributed by atoms with Gasteiger partial charge in [-0.3, -0.25) is 0 Å². The number of nitrogens with zero attached hydrogens (tertiary/aromatic N) is 3. The fraction of sp³-hybridized carbons (Fsp3) is 0.696. The van der Waals surface area contributed by atoms with Crippen LogP contribution < -0.4 is 9.64 Å². The van der Waals surface area contributed by atoms with Crippen LogP contribution in [0.15, 0.2) is 18.2 Å². The fourth-order valence-electron chi connectivity index (χ4n) is 4.64. The predicted molar refractivity (Wildman–Crippen MR) is 124 cm³/mol. The zero-order valence-electron chi connectivity index (χ0n) is 19.6. The third kappa shape index (κ3) is 5.14. The summed E-state index contributed by atoms with van der Waals surface area (Å²) in [4.78, 5) is 16.5. The number of carbonyl (C=O) groups excluding carboxylic acids is 1. The van der Waals surface area contributed by atoms with Gasteiger partial charge in [0.1, 0.15) is 11.4 Å². The van der Waals surface area contributed by atoms with Crippen molar-refractivity contribution in [3.63, 3.8) is 0 Å². The summed E-state index contributed by atoms with van der Waals surface area (Å²) in [6.07, 6.45) is 3.59. The maximum absolute atomic E-state index is 12.5. The van der Waals surface area contributed by atoms with Crippen LogP contribution in [-0.4, -0.2) is 81.4 Å². The number of hydrogen-bond donors (Lipinski definition) is 0. The number of likely N-dealkylation sites (tertiary alicyclic amines) is 1. The van der Waals surface area contributed by atoms with Gasteiger partial charge in [0.2, 0.25) is 10.0 Å². The Morgan fingerprint density at radius 1 is 1.12 bits per heavy atom. The molecule has 0 aromatic heterocycles. The summed E-state index contributed by atoms with van der Waals surface area (Å²) in [5.41, 5.74) is 1.89. The molecule has 2 saturated heterocycles. The van der Waals surface area contributed by atoms with E-state index in [0.717, 1.165) is 30.7 Å². The van der Waals surface area contributed by atoms with Crippen LogP contribution >= 0.6 is 0 Å². The van der Waals surface area contributed by atoms with Crippen LogP contribution in [0.4, 0.5) is 10.5 Å². The van der Waals surface area contributed by atoms with Crippen molar-refractivity contribution in [3.8, 4) is 5.75 Å². The van der Waals surface area contributed by atoms with Crippen molar-refractivity contribution in [1.29, 1.82) is 0 Å². The third-order valence-corrected chi connectivity index (χ3v) is 7.80. The highest BCUT2D eigenvalue weighted by molar-refractivity contribution is 7.88. The standard InChI is InChI=1S/C23H35N3O5S/c1-22(2,3)17-30-21(27)25-10-9-23(16-25)8-7-18-15-19(5-6-20(18)31-23)24-11-13-26(14-12-24)32(4,28)29/h5-6,15H,7-14,16-17H2,1-4H3. The minimum absolute atomic E-state index is 0.0531. The molecule has 1 unspecified atom stereocenters. The molecule has 1 spiro atoms. The Labute approximate surface area is 191 Å². The van der Waals surface area contributed by atoms with Gasteiger partial charge < -0.3 is 19.3 Å². The topological polar surface area (TPSA) is 79.4 Å². The summed E-state index contributed by atoms with van der Waals surface area (Å²) in [6, 6.07) is 6.25. The summed E-state index contributed by atoms with van der Waals surface area (Å²) >= 11 is 0. The Kier molecular flexibility index (Phi) is 6.09. The fourth-order valence-corrected chi connectivity index (χ4v) is 5.47. The highest BCUT2D eigenvalue weighted by atomic mass is 32.2. The van der Waals surface area contributed by atoms with E-state index in [9.17, 15) is 13.2 Å². The first-order valence-corrected chi connectivity index (χ1v) is 13.2.